The number of fused-ring (bicyclic) bond motifs is 1. The van der Waals surface area contributed by atoms with E-state index in [1.54, 1.807) is 0 Å². The summed E-state index contributed by atoms with van der Waals surface area (Å²) in [6.07, 6.45) is 1.85. The number of aromatic nitrogens is 2. The molecule has 0 unspecified atom stereocenters. The molecule has 0 aliphatic carbocycles. The third kappa shape index (κ3) is 5.82. The van der Waals surface area contributed by atoms with E-state index in [-0.39, 0.29) is 40.3 Å². The van der Waals surface area contributed by atoms with E-state index in [9.17, 15) is 9.59 Å². The molecular weight excluding hydrogens is 528 g/mol. The zero-order valence-corrected chi connectivity index (χ0v) is 26.7. The highest BCUT2D eigenvalue weighted by molar-refractivity contribution is 6.83. The highest BCUT2D eigenvalue weighted by Crippen LogP contribution is 2.50. The van der Waals surface area contributed by atoms with Crippen LogP contribution in [0.1, 0.15) is 73.6 Å². The van der Waals surface area contributed by atoms with Gasteiger partial charge >= 0.3 is 22.8 Å². The van der Waals surface area contributed by atoms with Crippen LogP contribution in [-0.4, -0.2) is 45.5 Å². The monoisotopic (exact) mass is 574 g/mol. The molecule has 0 spiro atoms. The van der Waals surface area contributed by atoms with Crippen molar-refractivity contribution in [3.8, 4) is 0 Å². The van der Waals surface area contributed by atoms with Crippen molar-refractivity contribution in [2.45, 2.75) is 109 Å². The SMILES string of the molecule is CC(C)[Si]1(C(C)C)OC[C@H]2O[C@@H](n3ccc(=O)[nH]c3=O)[C@H](CCc3ccccc3)[C@@H]2O[Si](C(C)C)(C(C)C)O1. The summed E-state index contributed by atoms with van der Waals surface area (Å²) in [6, 6.07) is 11.7. The maximum absolute atomic E-state index is 13.0. The molecule has 2 aromatic rings. The van der Waals surface area contributed by atoms with E-state index >= 15 is 0 Å². The molecule has 4 atom stereocenters. The molecule has 2 fully saturated rings. The van der Waals surface area contributed by atoms with Crippen molar-refractivity contribution >= 4 is 17.1 Å². The standard InChI is InChI=1S/C29H46N2O6Si2/c1-19(2)38(20(3)4)34-18-25-27(36-39(37-38,21(5)6)22(7)8)24(15-14-23-12-10-9-11-13-23)28(35-25)31-17-16-26(32)30-29(31)33/h9-13,16-17,19-22,24-25,27-28H,14-15,18H2,1-8H3,(H,30,32,33)/t24-,25-,27+,28-/m1/s1. The zero-order chi connectivity index (χ0) is 28.5. The van der Waals surface area contributed by atoms with E-state index in [0.717, 1.165) is 12.8 Å². The third-order valence-corrected chi connectivity index (χ3v) is 18.8. The third-order valence-electron chi connectivity index (χ3n) is 8.53. The Kier molecular flexibility index (Phi) is 9.24. The Hall–Kier alpha value is -1.83. The fraction of sp³-hybridized carbons (Fsp3) is 0.655. The molecule has 2 aliphatic rings. The first-order chi connectivity index (χ1) is 18.4. The van der Waals surface area contributed by atoms with Gasteiger partial charge in [-0.15, -0.1) is 0 Å². The second-order valence-corrected chi connectivity index (χ2v) is 21.2. The summed E-state index contributed by atoms with van der Waals surface area (Å²) in [5, 5.41) is 0. The van der Waals surface area contributed by atoms with Gasteiger partial charge in [0.05, 0.1) is 12.7 Å². The molecule has 8 nitrogen and oxygen atoms in total. The summed E-state index contributed by atoms with van der Waals surface area (Å²) in [5.41, 5.74) is 1.15. The molecule has 0 bridgehead atoms. The number of ether oxygens (including phenoxy) is 1. The lowest BCUT2D eigenvalue weighted by atomic mass is 9.92. The van der Waals surface area contributed by atoms with Crippen molar-refractivity contribution in [3.63, 3.8) is 0 Å². The maximum atomic E-state index is 13.0. The number of nitrogens with zero attached hydrogens (tertiary/aromatic N) is 1. The normalized spacial score (nSPS) is 26.7. The molecule has 1 aromatic heterocycles. The van der Waals surface area contributed by atoms with E-state index in [0.29, 0.717) is 6.61 Å². The van der Waals surface area contributed by atoms with Crippen LogP contribution in [0.4, 0.5) is 0 Å². The summed E-state index contributed by atoms with van der Waals surface area (Å²) in [7, 11) is -5.57. The fourth-order valence-corrected chi connectivity index (χ4v) is 17.7. The predicted molar refractivity (Wildman–Crippen MR) is 157 cm³/mol. The number of nitrogens with one attached hydrogen (secondary N) is 1. The van der Waals surface area contributed by atoms with Crippen molar-refractivity contribution in [1.29, 1.82) is 0 Å². The van der Waals surface area contributed by atoms with Gasteiger partial charge in [0.2, 0.25) is 0 Å². The molecule has 216 valence electrons. The first kappa shape index (κ1) is 30.1. The molecule has 1 N–H and O–H groups in total. The summed E-state index contributed by atoms with van der Waals surface area (Å²) in [6.45, 7) is 18.0. The average molecular weight is 575 g/mol. The van der Waals surface area contributed by atoms with Crippen LogP contribution in [0.3, 0.4) is 0 Å². The van der Waals surface area contributed by atoms with Crippen LogP contribution >= 0.6 is 0 Å². The molecule has 3 heterocycles. The number of aryl methyl sites for hydroxylation is 1. The van der Waals surface area contributed by atoms with Gasteiger partial charge in [0.25, 0.3) is 5.56 Å². The largest absolute Gasteiger partial charge is 0.414 e. The predicted octanol–water partition coefficient (Wildman–Crippen LogP) is 5.64. The number of aromatic amines is 1. The molecule has 4 rings (SSSR count). The highest BCUT2D eigenvalue weighted by atomic mass is 28.5. The number of rotatable bonds is 8. The Bertz CT molecular complexity index is 1200. The van der Waals surface area contributed by atoms with Gasteiger partial charge in [-0.2, -0.15) is 0 Å². The molecule has 0 saturated carbocycles. The minimum atomic E-state index is -2.86. The Balaban J connectivity index is 1.81. The molecule has 10 heteroatoms. The number of hydrogen-bond donors (Lipinski definition) is 1. The molecule has 0 radical (unpaired) electrons. The molecule has 39 heavy (non-hydrogen) atoms. The molecule has 2 aliphatic heterocycles. The lowest BCUT2D eigenvalue weighted by molar-refractivity contribution is -0.0574. The number of benzene rings is 1. The summed E-state index contributed by atoms with van der Waals surface area (Å²) < 4.78 is 29.8. The van der Waals surface area contributed by atoms with Crippen molar-refractivity contribution in [3.05, 3.63) is 69.0 Å². The minimum absolute atomic E-state index is 0.136. The van der Waals surface area contributed by atoms with Gasteiger partial charge in [-0.25, -0.2) is 4.79 Å². The summed E-state index contributed by atoms with van der Waals surface area (Å²) in [5.74, 6) is -0.136. The quantitative estimate of drug-likeness (QED) is 0.410. The van der Waals surface area contributed by atoms with E-state index in [2.05, 4.69) is 72.5 Å². The molecular formula is C29H46N2O6Si2. The maximum Gasteiger partial charge on any atom is 0.335 e. The van der Waals surface area contributed by atoms with Crippen molar-refractivity contribution in [2.24, 2.45) is 5.92 Å². The Morgan fingerprint density at radius 1 is 0.897 bits per heavy atom. The van der Waals surface area contributed by atoms with Crippen LogP contribution in [0, 0.1) is 5.92 Å². The zero-order valence-electron chi connectivity index (χ0n) is 24.7. The minimum Gasteiger partial charge on any atom is -0.414 e. The molecule has 0 amide bonds. The Morgan fingerprint density at radius 3 is 2.08 bits per heavy atom. The topological polar surface area (TPSA) is 91.8 Å². The molecule has 2 saturated heterocycles. The van der Waals surface area contributed by atoms with Gasteiger partial charge < -0.3 is 17.7 Å². The Labute approximate surface area is 234 Å². The average Bonchev–Trinajstić information content (AvgIpc) is 3.18. The van der Waals surface area contributed by atoms with Gasteiger partial charge in [0, 0.05) is 18.2 Å². The van der Waals surface area contributed by atoms with E-state index in [1.807, 2.05) is 18.2 Å². The van der Waals surface area contributed by atoms with Crippen LogP contribution in [0.5, 0.6) is 0 Å². The number of hydrogen-bond acceptors (Lipinski definition) is 6. The van der Waals surface area contributed by atoms with Gasteiger partial charge in [-0.3, -0.25) is 14.3 Å². The lowest BCUT2D eigenvalue weighted by Gasteiger charge is -2.51. The first-order valence-corrected chi connectivity index (χ1v) is 18.4. The first-order valence-electron chi connectivity index (χ1n) is 14.4. The van der Waals surface area contributed by atoms with E-state index in [4.69, 9.17) is 17.7 Å². The van der Waals surface area contributed by atoms with Gasteiger partial charge in [0.1, 0.15) is 12.3 Å². The van der Waals surface area contributed by atoms with Crippen LogP contribution in [0.25, 0.3) is 0 Å². The lowest BCUT2D eigenvalue weighted by Crippen LogP contribution is -2.65. The summed E-state index contributed by atoms with van der Waals surface area (Å²) in [4.78, 5) is 27.2. The number of H-pyrrole nitrogens is 1. The highest BCUT2D eigenvalue weighted by Gasteiger charge is 2.61. The van der Waals surface area contributed by atoms with Crippen LogP contribution in [0.15, 0.2) is 52.2 Å². The van der Waals surface area contributed by atoms with Gasteiger partial charge in [-0.05, 0) is 40.6 Å². The van der Waals surface area contributed by atoms with Crippen molar-refractivity contribution < 1.29 is 17.7 Å². The second kappa shape index (κ2) is 12.0. The van der Waals surface area contributed by atoms with Crippen LogP contribution in [-0.2, 0) is 24.1 Å². The van der Waals surface area contributed by atoms with Crippen LogP contribution in [0.2, 0.25) is 22.2 Å². The smallest absolute Gasteiger partial charge is 0.335 e. The van der Waals surface area contributed by atoms with Crippen molar-refractivity contribution in [1.82, 2.24) is 9.55 Å². The van der Waals surface area contributed by atoms with Gasteiger partial charge in [0.15, 0.2) is 0 Å². The van der Waals surface area contributed by atoms with E-state index < -0.39 is 34.6 Å². The van der Waals surface area contributed by atoms with Crippen molar-refractivity contribution in [2.75, 3.05) is 6.61 Å². The summed E-state index contributed by atoms with van der Waals surface area (Å²) >= 11 is 0. The second-order valence-electron chi connectivity index (χ2n) is 12.3. The molecule has 1 aromatic carbocycles. The fourth-order valence-electron chi connectivity index (χ4n) is 6.42. The Morgan fingerprint density at radius 2 is 1.51 bits per heavy atom. The van der Waals surface area contributed by atoms with Gasteiger partial charge in [-0.1, -0.05) is 85.7 Å². The van der Waals surface area contributed by atoms with E-state index in [1.165, 1.54) is 22.4 Å². The van der Waals surface area contributed by atoms with Crippen LogP contribution < -0.4 is 11.2 Å².